The van der Waals surface area contributed by atoms with Crippen molar-refractivity contribution in [1.82, 2.24) is 4.98 Å². The predicted octanol–water partition coefficient (Wildman–Crippen LogP) is 2.34. The zero-order valence-electron chi connectivity index (χ0n) is 11.2. The summed E-state index contributed by atoms with van der Waals surface area (Å²) >= 11 is 0. The summed E-state index contributed by atoms with van der Waals surface area (Å²) in [5, 5.41) is 9.98. The molecular weight excluding hydrogens is 250 g/mol. The second-order valence-corrected chi connectivity index (χ2v) is 5.54. The standard InChI is InChI=1S/C16H17N3O/c17-11-1-3-13-10(9-11)6-8-19(13)14-5-7-18-16-12(14)2-4-15(16)20/h1,3,5,7,9,15,20H,2,4,6,8,17H2. The maximum absolute atomic E-state index is 9.98. The van der Waals surface area contributed by atoms with Gasteiger partial charge >= 0.3 is 0 Å². The van der Waals surface area contributed by atoms with E-state index in [0.29, 0.717) is 0 Å². The third kappa shape index (κ3) is 1.61. The second-order valence-electron chi connectivity index (χ2n) is 5.54. The maximum atomic E-state index is 9.98. The normalized spacial score (nSPS) is 20.1. The molecule has 4 nitrogen and oxygen atoms in total. The summed E-state index contributed by atoms with van der Waals surface area (Å²) in [6, 6.07) is 8.16. The highest BCUT2D eigenvalue weighted by atomic mass is 16.3. The van der Waals surface area contributed by atoms with Gasteiger partial charge in [0.15, 0.2) is 0 Å². The summed E-state index contributed by atoms with van der Waals surface area (Å²) in [7, 11) is 0. The molecule has 0 saturated carbocycles. The average Bonchev–Trinajstić information content (AvgIpc) is 3.03. The lowest BCUT2D eigenvalue weighted by Gasteiger charge is -2.22. The van der Waals surface area contributed by atoms with Crippen molar-refractivity contribution in [3.05, 3.63) is 47.3 Å². The van der Waals surface area contributed by atoms with Crippen molar-refractivity contribution in [2.75, 3.05) is 17.2 Å². The van der Waals surface area contributed by atoms with Crippen molar-refractivity contribution in [3.8, 4) is 0 Å². The first-order chi connectivity index (χ1) is 9.74. The van der Waals surface area contributed by atoms with Gasteiger partial charge in [-0.15, -0.1) is 0 Å². The van der Waals surface area contributed by atoms with E-state index in [4.69, 9.17) is 5.73 Å². The van der Waals surface area contributed by atoms with E-state index in [2.05, 4.69) is 28.1 Å². The van der Waals surface area contributed by atoms with Gasteiger partial charge in [0, 0.05) is 35.4 Å². The summed E-state index contributed by atoms with van der Waals surface area (Å²) in [4.78, 5) is 6.67. The first-order valence-electron chi connectivity index (χ1n) is 7.06. The zero-order valence-corrected chi connectivity index (χ0v) is 11.2. The first kappa shape index (κ1) is 11.7. The topological polar surface area (TPSA) is 62.4 Å². The number of nitrogens with zero attached hydrogens (tertiary/aromatic N) is 2. The van der Waals surface area contributed by atoms with Gasteiger partial charge < -0.3 is 15.7 Å². The molecule has 0 saturated heterocycles. The highest BCUT2D eigenvalue weighted by Gasteiger charge is 2.29. The van der Waals surface area contributed by atoms with Gasteiger partial charge in [0.1, 0.15) is 0 Å². The van der Waals surface area contributed by atoms with Gasteiger partial charge in [0.25, 0.3) is 0 Å². The molecular formula is C16H17N3O. The van der Waals surface area contributed by atoms with Crippen LogP contribution in [0, 0.1) is 0 Å². The molecule has 0 spiro atoms. The van der Waals surface area contributed by atoms with E-state index in [1.54, 1.807) is 6.20 Å². The molecule has 0 bridgehead atoms. The van der Waals surface area contributed by atoms with Gasteiger partial charge in [0.05, 0.1) is 11.8 Å². The van der Waals surface area contributed by atoms with Crippen LogP contribution in [-0.2, 0) is 12.8 Å². The Morgan fingerprint density at radius 2 is 2.10 bits per heavy atom. The SMILES string of the molecule is Nc1ccc2c(c1)CCN2c1ccnc2c1CCC2O. The Bertz CT molecular complexity index is 683. The van der Waals surface area contributed by atoms with Crippen molar-refractivity contribution in [3.63, 3.8) is 0 Å². The molecule has 3 N–H and O–H groups in total. The molecule has 0 amide bonds. The summed E-state index contributed by atoms with van der Waals surface area (Å²) in [6.07, 6.45) is 4.10. The molecule has 2 heterocycles. The number of aliphatic hydroxyl groups excluding tert-OH is 1. The van der Waals surface area contributed by atoms with Crippen LogP contribution in [0.2, 0.25) is 0 Å². The molecule has 4 heteroatoms. The third-order valence-corrected chi connectivity index (χ3v) is 4.34. The average molecular weight is 267 g/mol. The lowest BCUT2D eigenvalue weighted by Crippen LogP contribution is -2.15. The Morgan fingerprint density at radius 3 is 3.00 bits per heavy atom. The third-order valence-electron chi connectivity index (χ3n) is 4.34. The van der Waals surface area contributed by atoms with Gasteiger partial charge in [-0.05, 0) is 49.1 Å². The molecule has 1 aliphatic carbocycles. The minimum Gasteiger partial charge on any atom is -0.399 e. The van der Waals surface area contributed by atoms with Gasteiger partial charge in [-0.3, -0.25) is 4.98 Å². The molecule has 20 heavy (non-hydrogen) atoms. The van der Waals surface area contributed by atoms with E-state index >= 15 is 0 Å². The summed E-state index contributed by atoms with van der Waals surface area (Å²) in [5.41, 5.74) is 12.5. The number of nitrogens with two attached hydrogens (primary N) is 1. The number of benzene rings is 1. The van der Waals surface area contributed by atoms with E-state index in [9.17, 15) is 5.11 Å². The van der Waals surface area contributed by atoms with Gasteiger partial charge in [-0.1, -0.05) is 0 Å². The molecule has 0 fully saturated rings. The van der Waals surface area contributed by atoms with E-state index in [1.807, 2.05) is 6.07 Å². The van der Waals surface area contributed by atoms with Crippen LogP contribution in [0.1, 0.15) is 29.3 Å². The van der Waals surface area contributed by atoms with E-state index in [-0.39, 0.29) is 0 Å². The predicted molar refractivity (Wildman–Crippen MR) is 79.1 cm³/mol. The van der Waals surface area contributed by atoms with Crippen molar-refractivity contribution < 1.29 is 5.11 Å². The van der Waals surface area contributed by atoms with Crippen LogP contribution < -0.4 is 10.6 Å². The van der Waals surface area contributed by atoms with Gasteiger partial charge in [-0.2, -0.15) is 0 Å². The molecule has 2 aromatic rings. The number of aromatic nitrogens is 1. The van der Waals surface area contributed by atoms with Crippen LogP contribution in [0.3, 0.4) is 0 Å². The van der Waals surface area contributed by atoms with E-state index in [1.165, 1.54) is 22.5 Å². The van der Waals surface area contributed by atoms with Crippen LogP contribution in [0.4, 0.5) is 17.1 Å². The quantitative estimate of drug-likeness (QED) is 0.778. The molecule has 1 aromatic carbocycles. The fraction of sp³-hybridized carbons (Fsp3) is 0.312. The number of fused-ring (bicyclic) bond motifs is 2. The molecule has 1 aliphatic heterocycles. The summed E-state index contributed by atoms with van der Waals surface area (Å²) in [5.74, 6) is 0. The molecule has 1 atom stereocenters. The lowest BCUT2D eigenvalue weighted by atomic mass is 10.1. The minimum atomic E-state index is -0.404. The fourth-order valence-corrected chi connectivity index (χ4v) is 3.38. The number of nitrogen functional groups attached to an aromatic ring is 1. The lowest BCUT2D eigenvalue weighted by molar-refractivity contribution is 0.176. The Labute approximate surface area is 117 Å². The number of anilines is 3. The van der Waals surface area contributed by atoms with E-state index < -0.39 is 6.10 Å². The minimum absolute atomic E-state index is 0.404. The second kappa shape index (κ2) is 4.21. The Kier molecular flexibility index (Phi) is 2.47. The molecule has 1 unspecified atom stereocenters. The number of rotatable bonds is 1. The van der Waals surface area contributed by atoms with E-state index in [0.717, 1.165) is 37.2 Å². The number of aliphatic hydroxyl groups is 1. The number of hydrogen-bond donors (Lipinski definition) is 2. The number of hydrogen-bond acceptors (Lipinski definition) is 4. The van der Waals surface area contributed by atoms with Crippen LogP contribution >= 0.6 is 0 Å². The van der Waals surface area contributed by atoms with Crippen LogP contribution in [0.5, 0.6) is 0 Å². The fourth-order valence-electron chi connectivity index (χ4n) is 3.38. The van der Waals surface area contributed by atoms with Crippen molar-refractivity contribution in [2.24, 2.45) is 0 Å². The molecule has 2 aliphatic rings. The highest BCUT2D eigenvalue weighted by Crippen LogP contribution is 2.41. The highest BCUT2D eigenvalue weighted by molar-refractivity contribution is 5.74. The summed E-state index contributed by atoms with van der Waals surface area (Å²) in [6.45, 7) is 0.964. The molecule has 0 radical (unpaired) electrons. The Morgan fingerprint density at radius 1 is 1.20 bits per heavy atom. The maximum Gasteiger partial charge on any atom is 0.0966 e. The smallest absolute Gasteiger partial charge is 0.0966 e. The van der Waals surface area contributed by atoms with Crippen molar-refractivity contribution in [1.29, 1.82) is 0 Å². The summed E-state index contributed by atoms with van der Waals surface area (Å²) < 4.78 is 0. The Balaban J connectivity index is 1.82. The van der Waals surface area contributed by atoms with Crippen LogP contribution in [0.15, 0.2) is 30.5 Å². The zero-order chi connectivity index (χ0) is 13.7. The molecule has 4 rings (SSSR count). The molecule has 1 aromatic heterocycles. The largest absolute Gasteiger partial charge is 0.399 e. The Hall–Kier alpha value is -2.07. The van der Waals surface area contributed by atoms with Gasteiger partial charge in [0.2, 0.25) is 0 Å². The van der Waals surface area contributed by atoms with Crippen LogP contribution in [-0.4, -0.2) is 16.6 Å². The van der Waals surface area contributed by atoms with Gasteiger partial charge in [-0.25, -0.2) is 0 Å². The first-order valence-corrected chi connectivity index (χ1v) is 7.06. The molecule has 102 valence electrons. The van der Waals surface area contributed by atoms with Crippen molar-refractivity contribution in [2.45, 2.75) is 25.4 Å². The monoisotopic (exact) mass is 267 g/mol. The van der Waals surface area contributed by atoms with Crippen molar-refractivity contribution >= 4 is 17.1 Å². The van der Waals surface area contributed by atoms with Crippen LogP contribution in [0.25, 0.3) is 0 Å². The number of pyridine rings is 1.